The van der Waals surface area contributed by atoms with Crippen LogP contribution in [0.4, 0.5) is 0 Å². The molecule has 15 heavy (non-hydrogen) atoms. The lowest BCUT2D eigenvalue weighted by molar-refractivity contribution is -0.0563. The first-order chi connectivity index (χ1) is 7.27. The number of piperidine rings is 2. The van der Waals surface area contributed by atoms with Crippen molar-refractivity contribution in [2.45, 2.75) is 13.3 Å². The molecule has 3 nitrogen and oxygen atoms in total. The van der Waals surface area contributed by atoms with Crippen LogP contribution >= 0.6 is 0 Å². The number of nitrogens with two attached hydrogens (primary N) is 1. The summed E-state index contributed by atoms with van der Waals surface area (Å²) >= 11 is 0. The first-order valence-corrected chi connectivity index (χ1v) is 6.42. The van der Waals surface area contributed by atoms with Gasteiger partial charge >= 0.3 is 0 Å². The van der Waals surface area contributed by atoms with E-state index in [0.29, 0.717) is 5.41 Å². The highest BCUT2D eigenvalue weighted by Gasteiger charge is 2.52. The molecule has 4 heterocycles. The molecule has 86 valence electrons. The minimum atomic E-state index is 0.520. The predicted molar refractivity (Wildman–Crippen MR) is 61.6 cm³/mol. The van der Waals surface area contributed by atoms with Crippen LogP contribution in [0.15, 0.2) is 0 Å². The topological polar surface area (TPSA) is 32.5 Å². The molecule has 2 N–H and O–H groups in total. The molecule has 0 aromatic rings. The van der Waals surface area contributed by atoms with Gasteiger partial charge < -0.3 is 15.5 Å². The van der Waals surface area contributed by atoms with E-state index in [9.17, 15) is 0 Å². The molecular formula is C12H23N3. The molecule has 0 amide bonds. The van der Waals surface area contributed by atoms with Crippen molar-refractivity contribution < 1.29 is 0 Å². The number of rotatable bonds is 2. The van der Waals surface area contributed by atoms with Crippen molar-refractivity contribution in [1.29, 1.82) is 0 Å². The lowest BCUT2D eigenvalue weighted by Gasteiger charge is -2.55. The van der Waals surface area contributed by atoms with E-state index in [4.69, 9.17) is 5.73 Å². The molecule has 3 unspecified atom stereocenters. The maximum absolute atomic E-state index is 6.03. The Labute approximate surface area is 92.6 Å². The zero-order valence-electron chi connectivity index (χ0n) is 9.78. The van der Waals surface area contributed by atoms with Gasteiger partial charge in [-0.3, -0.25) is 0 Å². The Morgan fingerprint density at radius 3 is 2.27 bits per heavy atom. The van der Waals surface area contributed by atoms with Crippen molar-refractivity contribution in [3.8, 4) is 0 Å². The van der Waals surface area contributed by atoms with Crippen molar-refractivity contribution >= 4 is 0 Å². The number of hydrogen-bond acceptors (Lipinski definition) is 3. The summed E-state index contributed by atoms with van der Waals surface area (Å²) in [6, 6.07) is 0. The van der Waals surface area contributed by atoms with Crippen LogP contribution in [-0.2, 0) is 0 Å². The van der Waals surface area contributed by atoms with Gasteiger partial charge in [-0.15, -0.1) is 0 Å². The minimum absolute atomic E-state index is 0.520. The van der Waals surface area contributed by atoms with E-state index in [0.717, 1.165) is 18.4 Å². The zero-order valence-corrected chi connectivity index (χ0v) is 9.78. The van der Waals surface area contributed by atoms with Gasteiger partial charge in [0.25, 0.3) is 0 Å². The van der Waals surface area contributed by atoms with Crippen molar-refractivity contribution in [3.05, 3.63) is 0 Å². The molecule has 4 saturated heterocycles. The molecule has 0 aliphatic carbocycles. The average Bonchev–Trinajstić information content (AvgIpc) is 2.47. The second-order valence-corrected chi connectivity index (χ2v) is 5.79. The lowest BCUT2D eigenvalue weighted by Crippen LogP contribution is -2.62. The molecule has 4 aliphatic heterocycles. The second-order valence-electron chi connectivity index (χ2n) is 5.79. The summed E-state index contributed by atoms with van der Waals surface area (Å²) < 4.78 is 0. The lowest BCUT2D eigenvalue weighted by atomic mass is 9.62. The molecule has 0 aromatic heterocycles. The maximum Gasteiger partial charge on any atom is 0.0110 e. The van der Waals surface area contributed by atoms with Crippen LogP contribution in [0.2, 0.25) is 0 Å². The standard InChI is InChI=1S/C12H23N3/c1-2-12-8-14-3-4-15(9-12)7-10(6-14)11(12)5-13/h10-11H,2-9,13H2,1H3. The molecule has 4 bridgehead atoms. The average molecular weight is 209 g/mol. The molecular weight excluding hydrogens is 186 g/mol. The van der Waals surface area contributed by atoms with Gasteiger partial charge in [0.2, 0.25) is 0 Å². The predicted octanol–water partition coefficient (Wildman–Crippen LogP) is 0.219. The van der Waals surface area contributed by atoms with Gasteiger partial charge in [0.05, 0.1) is 0 Å². The van der Waals surface area contributed by atoms with Crippen LogP contribution in [0.25, 0.3) is 0 Å². The summed E-state index contributed by atoms with van der Waals surface area (Å²) in [4.78, 5) is 5.38. The molecule has 3 heteroatoms. The van der Waals surface area contributed by atoms with Gasteiger partial charge in [0, 0.05) is 39.3 Å². The number of nitrogens with zero attached hydrogens (tertiary/aromatic N) is 2. The molecule has 4 fully saturated rings. The van der Waals surface area contributed by atoms with Gasteiger partial charge in [0.1, 0.15) is 0 Å². The van der Waals surface area contributed by atoms with E-state index >= 15 is 0 Å². The Hall–Kier alpha value is -0.120. The fourth-order valence-corrected chi connectivity index (χ4v) is 4.33. The maximum atomic E-state index is 6.03. The summed E-state index contributed by atoms with van der Waals surface area (Å²) in [5.74, 6) is 1.63. The van der Waals surface area contributed by atoms with E-state index in [1.54, 1.807) is 0 Å². The third-order valence-corrected chi connectivity index (χ3v) is 5.11. The Morgan fingerprint density at radius 2 is 1.80 bits per heavy atom. The van der Waals surface area contributed by atoms with E-state index in [-0.39, 0.29) is 0 Å². The minimum Gasteiger partial charge on any atom is -0.330 e. The Bertz CT molecular complexity index is 237. The van der Waals surface area contributed by atoms with Crippen molar-refractivity contribution in [2.24, 2.45) is 23.0 Å². The first kappa shape index (κ1) is 10.1. The molecule has 3 atom stereocenters. The molecule has 0 saturated carbocycles. The van der Waals surface area contributed by atoms with E-state index < -0.39 is 0 Å². The molecule has 0 aromatic carbocycles. The summed E-state index contributed by atoms with van der Waals surface area (Å²) in [6.07, 6.45) is 1.30. The third kappa shape index (κ3) is 1.37. The molecule has 4 rings (SSSR count). The first-order valence-electron chi connectivity index (χ1n) is 6.42. The molecule has 0 radical (unpaired) electrons. The monoisotopic (exact) mass is 209 g/mol. The highest BCUT2D eigenvalue weighted by Crippen LogP contribution is 2.46. The van der Waals surface area contributed by atoms with Crippen LogP contribution in [0.3, 0.4) is 0 Å². The van der Waals surface area contributed by atoms with Gasteiger partial charge in [-0.2, -0.15) is 0 Å². The van der Waals surface area contributed by atoms with Gasteiger partial charge in [0.15, 0.2) is 0 Å². The zero-order chi connectivity index (χ0) is 10.5. The van der Waals surface area contributed by atoms with Gasteiger partial charge in [-0.25, -0.2) is 0 Å². The highest BCUT2D eigenvalue weighted by atomic mass is 15.3. The van der Waals surface area contributed by atoms with Crippen LogP contribution in [0.1, 0.15) is 13.3 Å². The number of hydrogen-bond donors (Lipinski definition) is 1. The number of fused-ring (bicyclic) bond motifs is 1. The fraction of sp³-hybridized carbons (Fsp3) is 1.00. The van der Waals surface area contributed by atoms with Gasteiger partial charge in [-0.05, 0) is 30.2 Å². The van der Waals surface area contributed by atoms with Crippen molar-refractivity contribution in [3.63, 3.8) is 0 Å². The Kier molecular flexibility index (Phi) is 2.31. The van der Waals surface area contributed by atoms with Crippen molar-refractivity contribution in [1.82, 2.24) is 9.80 Å². The Balaban J connectivity index is 1.96. The van der Waals surface area contributed by atoms with E-state index in [2.05, 4.69) is 16.7 Å². The van der Waals surface area contributed by atoms with Crippen LogP contribution in [-0.4, -0.2) is 55.6 Å². The summed E-state index contributed by atoms with van der Waals surface area (Å²) in [5.41, 5.74) is 6.55. The van der Waals surface area contributed by atoms with Crippen LogP contribution < -0.4 is 5.73 Å². The quantitative estimate of drug-likeness (QED) is 0.706. The van der Waals surface area contributed by atoms with Crippen molar-refractivity contribution in [2.75, 3.05) is 45.8 Å². The Morgan fingerprint density at radius 1 is 1.20 bits per heavy atom. The SMILES string of the molecule is CCC12CN3CCN(CC(C3)C1CN)C2. The summed E-state index contributed by atoms with van der Waals surface area (Å²) in [6.45, 7) is 11.1. The smallest absolute Gasteiger partial charge is 0.0110 e. The fourth-order valence-electron chi connectivity index (χ4n) is 4.33. The summed E-state index contributed by atoms with van der Waals surface area (Å²) in [7, 11) is 0. The molecule has 4 aliphatic rings. The van der Waals surface area contributed by atoms with Crippen LogP contribution in [0, 0.1) is 17.3 Å². The normalized spacial score (nSPS) is 53.2. The third-order valence-electron chi connectivity index (χ3n) is 5.11. The van der Waals surface area contributed by atoms with E-state index in [1.807, 2.05) is 0 Å². The largest absolute Gasteiger partial charge is 0.330 e. The highest BCUT2D eigenvalue weighted by molar-refractivity contribution is 5.05. The summed E-state index contributed by atoms with van der Waals surface area (Å²) in [5, 5.41) is 0. The van der Waals surface area contributed by atoms with E-state index in [1.165, 1.54) is 45.7 Å². The van der Waals surface area contributed by atoms with Crippen LogP contribution in [0.5, 0.6) is 0 Å². The van der Waals surface area contributed by atoms with Gasteiger partial charge in [-0.1, -0.05) is 6.92 Å². The second kappa shape index (κ2) is 3.44. The molecule has 0 spiro atoms.